The first-order valence-corrected chi connectivity index (χ1v) is 7.28. The molecule has 1 saturated heterocycles. The number of amides is 3. The summed E-state index contributed by atoms with van der Waals surface area (Å²) >= 11 is 5.82. The second-order valence-electron chi connectivity index (χ2n) is 5.27. The quantitative estimate of drug-likeness (QED) is 0.630. The summed E-state index contributed by atoms with van der Waals surface area (Å²) in [5, 5.41) is 0.534. The number of halogens is 1. The van der Waals surface area contributed by atoms with E-state index in [1.807, 2.05) is 0 Å². The van der Waals surface area contributed by atoms with Crippen molar-refractivity contribution in [1.82, 2.24) is 4.90 Å². The Kier molecular flexibility index (Phi) is 4.71. The summed E-state index contributed by atoms with van der Waals surface area (Å²) in [6, 6.07) is 5.36. The fourth-order valence-corrected chi connectivity index (χ4v) is 2.36. The number of hydrogen-bond donors (Lipinski definition) is 0. The zero-order valence-electron chi connectivity index (χ0n) is 12.6. The van der Waals surface area contributed by atoms with E-state index in [1.165, 1.54) is 4.90 Å². The SMILES string of the molecule is CC(C)OC(=O)CN1C(=O)C(C)N(c2ccc(Cl)cc2)C1=O. The highest BCUT2D eigenvalue weighted by atomic mass is 35.5. The molecule has 0 aliphatic carbocycles. The molecule has 1 aromatic rings. The third kappa shape index (κ3) is 3.22. The Labute approximate surface area is 133 Å². The lowest BCUT2D eigenvalue weighted by Gasteiger charge is -2.19. The Balaban J connectivity index is 2.18. The predicted molar refractivity (Wildman–Crippen MR) is 81.7 cm³/mol. The van der Waals surface area contributed by atoms with E-state index in [1.54, 1.807) is 45.0 Å². The second-order valence-corrected chi connectivity index (χ2v) is 5.70. The fraction of sp³-hybridized carbons (Fsp3) is 0.400. The molecule has 0 spiro atoms. The van der Waals surface area contributed by atoms with Crippen LogP contribution in [0.1, 0.15) is 20.8 Å². The molecule has 6 nitrogen and oxygen atoms in total. The van der Waals surface area contributed by atoms with Crippen molar-refractivity contribution in [2.24, 2.45) is 0 Å². The van der Waals surface area contributed by atoms with Gasteiger partial charge < -0.3 is 4.74 Å². The van der Waals surface area contributed by atoms with Gasteiger partial charge in [-0.2, -0.15) is 0 Å². The maximum atomic E-state index is 12.4. The molecule has 1 heterocycles. The van der Waals surface area contributed by atoms with Crippen LogP contribution in [0.2, 0.25) is 5.02 Å². The van der Waals surface area contributed by atoms with E-state index in [-0.39, 0.29) is 12.6 Å². The largest absolute Gasteiger partial charge is 0.462 e. The molecular formula is C15H17ClN2O4. The van der Waals surface area contributed by atoms with Gasteiger partial charge in [0, 0.05) is 10.7 Å². The fourth-order valence-electron chi connectivity index (χ4n) is 2.24. The summed E-state index contributed by atoms with van der Waals surface area (Å²) in [4.78, 5) is 38.6. The number of esters is 1. The molecule has 0 aromatic heterocycles. The summed E-state index contributed by atoms with van der Waals surface area (Å²) in [6.45, 7) is 4.63. The van der Waals surface area contributed by atoms with Crippen molar-refractivity contribution in [3.8, 4) is 0 Å². The molecule has 1 aliphatic rings. The van der Waals surface area contributed by atoms with Crippen molar-refractivity contribution >= 4 is 35.2 Å². The van der Waals surface area contributed by atoms with E-state index >= 15 is 0 Å². The first-order valence-electron chi connectivity index (χ1n) is 6.91. The van der Waals surface area contributed by atoms with Gasteiger partial charge in [0.25, 0.3) is 5.91 Å². The van der Waals surface area contributed by atoms with Crippen LogP contribution in [0.25, 0.3) is 0 Å². The number of nitrogens with zero attached hydrogens (tertiary/aromatic N) is 2. The minimum atomic E-state index is -0.680. The lowest BCUT2D eigenvalue weighted by Crippen LogP contribution is -2.38. The van der Waals surface area contributed by atoms with E-state index in [2.05, 4.69) is 0 Å². The van der Waals surface area contributed by atoms with Crippen LogP contribution in [0.15, 0.2) is 24.3 Å². The summed E-state index contributed by atoms with van der Waals surface area (Å²) in [5.74, 6) is -1.04. The summed E-state index contributed by atoms with van der Waals surface area (Å²) in [5.41, 5.74) is 0.551. The average molecular weight is 325 g/mol. The predicted octanol–water partition coefficient (Wildman–Crippen LogP) is 2.45. The number of anilines is 1. The maximum Gasteiger partial charge on any atom is 0.332 e. The minimum Gasteiger partial charge on any atom is -0.462 e. The van der Waals surface area contributed by atoms with Crippen LogP contribution in [0.3, 0.4) is 0 Å². The molecule has 22 heavy (non-hydrogen) atoms. The van der Waals surface area contributed by atoms with Crippen LogP contribution < -0.4 is 4.90 Å². The maximum absolute atomic E-state index is 12.4. The van der Waals surface area contributed by atoms with Crippen molar-refractivity contribution in [3.63, 3.8) is 0 Å². The molecule has 2 rings (SSSR count). The molecule has 1 unspecified atom stereocenters. The number of benzene rings is 1. The highest BCUT2D eigenvalue weighted by Crippen LogP contribution is 2.26. The molecule has 3 amide bonds. The third-order valence-corrected chi connectivity index (χ3v) is 3.46. The van der Waals surface area contributed by atoms with Gasteiger partial charge in [0.05, 0.1) is 6.10 Å². The minimum absolute atomic E-state index is 0.301. The topological polar surface area (TPSA) is 66.9 Å². The van der Waals surface area contributed by atoms with Crippen LogP contribution in [-0.4, -0.2) is 41.5 Å². The Bertz CT molecular complexity index is 600. The van der Waals surface area contributed by atoms with E-state index in [0.717, 1.165) is 4.90 Å². The van der Waals surface area contributed by atoms with Gasteiger partial charge >= 0.3 is 12.0 Å². The van der Waals surface area contributed by atoms with Crippen molar-refractivity contribution in [2.75, 3.05) is 11.4 Å². The van der Waals surface area contributed by atoms with E-state index in [9.17, 15) is 14.4 Å². The number of hydrogen-bond acceptors (Lipinski definition) is 4. The van der Waals surface area contributed by atoms with E-state index in [4.69, 9.17) is 16.3 Å². The summed E-state index contributed by atoms with van der Waals surface area (Å²) < 4.78 is 4.98. The van der Waals surface area contributed by atoms with Crippen molar-refractivity contribution < 1.29 is 19.1 Å². The number of rotatable bonds is 4. The molecule has 7 heteroatoms. The van der Waals surface area contributed by atoms with Gasteiger partial charge in [0.15, 0.2) is 0 Å². The van der Waals surface area contributed by atoms with Crippen LogP contribution in [0.4, 0.5) is 10.5 Å². The Morgan fingerprint density at radius 1 is 1.27 bits per heavy atom. The van der Waals surface area contributed by atoms with Crippen LogP contribution in [0.5, 0.6) is 0 Å². The van der Waals surface area contributed by atoms with Crippen LogP contribution >= 0.6 is 11.6 Å². The van der Waals surface area contributed by atoms with Crippen molar-refractivity contribution in [1.29, 1.82) is 0 Å². The number of carbonyl (C=O) groups excluding carboxylic acids is 3. The smallest absolute Gasteiger partial charge is 0.332 e. The Morgan fingerprint density at radius 2 is 1.86 bits per heavy atom. The summed E-state index contributed by atoms with van der Waals surface area (Å²) in [7, 11) is 0. The van der Waals surface area contributed by atoms with Gasteiger partial charge in [-0.05, 0) is 45.0 Å². The number of imide groups is 1. The zero-order valence-corrected chi connectivity index (χ0v) is 13.3. The van der Waals surface area contributed by atoms with Crippen molar-refractivity contribution in [3.05, 3.63) is 29.3 Å². The van der Waals surface area contributed by atoms with E-state index < -0.39 is 23.9 Å². The number of urea groups is 1. The van der Waals surface area contributed by atoms with Gasteiger partial charge in [-0.15, -0.1) is 0 Å². The first-order chi connectivity index (χ1) is 10.3. The standard InChI is InChI=1S/C15H17ClN2O4/c1-9(2)22-13(19)8-17-14(20)10(3)18(15(17)21)12-6-4-11(16)5-7-12/h4-7,9-10H,8H2,1-3H3. The molecule has 1 aliphatic heterocycles. The average Bonchev–Trinajstić information content (AvgIpc) is 2.63. The summed E-state index contributed by atoms with van der Waals surface area (Å²) in [6.07, 6.45) is -0.301. The van der Waals surface area contributed by atoms with Crippen LogP contribution in [-0.2, 0) is 14.3 Å². The third-order valence-electron chi connectivity index (χ3n) is 3.21. The lowest BCUT2D eigenvalue weighted by molar-refractivity contribution is -0.150. The normalized spacial score (nSPS) is 18.3. The molecule has 1 aromatic carbocycles. The van der Waals surface area contributed by atoms with Gasteiger partial charge in [-0.25, -0.2) is 4.79 Å². The van der Waals surface area contributed by atoms with E-state index in [0.29, 0.717) is 10.7 Å². The number of ether oxygens (including phenoxy) is 1. The molecule has 118 valence electrons. The molecule has 0 bridgehead atoms. The molecule has 1 atom stereocenters. The lowest BCUT2D eigenvalue weighted by atomic mass is 10.2. The number of carbonyl (C=O) groups is 3. The van der Waals surface area contributed by atoms with Crippen LogP contribution in [0, 0.1) is 0 Å². The van der Waals surface area contributed by atoms with Gasteiger partial charge in [0.1, 0.15) is 12.6 Å². The van der Waals surface area contributed by atoms with Crippen molar-refractivity contribution in [2.45, 2.75) is 32.9 Å². The van der Waals surface area contributed by atoms with Gasteiger partial charge in [0.2, 0.25) is 0 Å². The first kappa shape index (κ1) is 16.3. The van der Waals surface area contributed by atoms with Gasteiger partial charge in [-0.3, -0.25) is 19.4 Å². The zero-order chi connectivity index (χ0) is 16.4. The Morgan fingerprint density at radius 3 is 2.41 bits per heavy atom. The highest BCUT2D eigenvalue weighted by molar-refractivity contribution is 6.30. The Hall–Kier alpha value is -2.08. The molecule has 0 N–H and O–H groups in total. The monoisotopic (exact) mass is 324 g/mol. The molecule has 0 radical (unpaired) electrons. The molecular weight excluding hydrogens is 308 g/mol. The van der Waals surface area contributed by atoms with Gasteiger partial charge in [-0.1, -0.05) is 11.6 Å². The molecule has 0 saturated carbocycles. The molecule has 1 fully saturated rings. The second kappa shape index (κ2) is 6.36. The highest BCUT2D eigenvalue weighted by Gasteiger charge is 2.44.